The molecule has 1 heterocycles. The summed E-state index contributed by atoms with van der Waals surface area (Å²) in [5, 5.41) is 0.559. The van der Waals surface area contributed by atoms with E-state index in [1.807, 2.05) is 0 Å². The number of fused-ring (bicyclic) bond motifs is 2. The van der Waals surface area contributed by atoms with Crippen molar-refractivity contribution >= 4 is 29.2 Å². The predicted octanol–water partition coefficient (Wildman–Crippen LogP) is 5.41. The molecule has 9 heteroatoms. The van der Waals surface area contributed by atoms with Gasteiger partial charge < -0.3 is 23.4 Å². The fourth-order valence-corrected chi connectivity index (χ4v) is 3.61. The highest BCUT2D eigenvalue weighted by molar-refractivity contribution is 6.09. The topological polar surface area (TPSA) is 118 Å². The van der Waals surface area contributed by atoms with Gasteiger partial charge in [0.2, 0.25) is 0 Å². The van der Waals surface area contributed by atoms with Crippen LogP contribution in [0, 0.1) is 0 Å². The van der Waals surface area contributed by atoms with Gasteiger partial charge in [0.25, 0.3) is 0 Å². The van der Waals surface area contributed by atoms with Crippen LogP contribution in [-0.2, 0) is 14.2 Å². The van der Waals surface area contributed by atoms with E-state index in [-0.39, 0.29) is 41.3 Å². The molecule has 178 valence electrons. The van der Waals surface area contributed by atoms with Crippen LogP contribution in [0.15, 0.2) is 69.9 Å². The van der Waals surface area contributed by atoms with Crippen molar-refractivity contribution in [2.75, 3.05) is 13.2 Å². The van der Waals surface area contributed by atoms with Crippen LogP contribution < -0.4 is 10.2 Å². The maximum absolute atomic E-state index is 12.8. The Kier molecular flexibility index (Phi) is 6.77. The number of hydrogen-bond donors (Lipinski definition) is 0. The molecule has 0 N–H and O–H groups in total. The van der Waals surface area contributed by atoms with Crippen LogP contribution in [0.25, 0.3) is 33.4 Å². The van der Waals surface area contributed by atoms with Crippen LogP contribution in [0.5, 0.6) is 5.75 Å². The fraction of sp³-hybridized carbons (Fsp3) is 0.154. The Morgan fingerprint density at radius 3 is 2.34 bits per heavy atom. The third-order valence-corrected chi connectivity index (χ3v) is 4.98. The summed E-state index contributed by atoms with van der Waals surface area (Å²) in [7, 11) is 0. The van der Waals surface area contributed by atoms with E-state index >= 15 is 0 Å². The molecule has 0 saturated heterocycles. The first-order valence-corrected chi connectivity index (χ1v) is 10.7. The molecular weight excluding hydrogens is 456 g/mol. The number of hydrogen-bond acceptors (Lipinski definition) is 9. The van der Waals surface area contributed by atoms with E-state index in [1.54, 1.807) is 50.2 Å². The molecule has 9 nitrogen and oxygen atoms in total. The molecule has 0 fully saturated rings. The molecule has 0 aromatic heterocycles. The molecule has 2 aliphatic rings. The highest BCUT2D eigenvalue weighted by Gasteiger charge is 2.24. The molecule has 2 aromatic carbocycles. The van der Waals surface area contributed by atoms with E-state index in [9.17, 15) is 19.2 Å². The van der Waals surface area contributed by atoms with Gasteiger partial charge in [-0.1, -0.05) is 18.2 Å². The summed E-state index contributed by atoms with van der Waals surface area (Å²) in [6, 6.07) is 15.5. The molecular formula is C26H20O9. The van der Waals surface area contributed by atoms with Gasteiger partial charge in [-0.2, -0.15) is 0 Å². The van der Waals surface area contributed by atoms with Gasteiger partial charge in [0.15, 0.2) is 5.43 Å². The molecule has 4 rings (SSSR count). The van der Waals surface area contributed by atoms with Crippen molar-refractivity contribution in [2.45, 2.75) is 13.8 Å². The molecule has 0 bridgehead atoms. The summed E-state index contributed by atoms with van der Waals surface area (Å²) in [6.07, 6.45) is -1.98. The van der Waals surface area contributed by atoms with Gasteiger partial charge in [0.05, 0.1) is 18.8 Å². The molecule has 1 aliphatic carbocycles. The van der Waals surface area contributed by atoms with E-state index in [2.05, 4.69) is 0 Å². The summed E-state index contributed by atoms with van der Waals surface area (Å²) in [4.78, 5) is 48.3. The van der Waals surface area contributed by atoms with Gasteiger partial charge in [-0.3, -0.25) is 4.79 Å². The van der Waals surface area contributed by atoms with Crippen molar-refractivity contribution in [2.24, 2.45) is 0 Å². The Hall–Kier alpha value is -4.66. The Labute approximate surface area is 199 Å². The van der Waals surface area contributed by atoms with Crippen molar-refractivity contribution in [1.82, 2.24) is 0 Å². The lowest BCUT2D eigenvalue weighted by Gasteiger charge is -2.17. The Bertz CT molecular complexity index is 1450. The second kappa shape index (κ2) is 10.1. The number of benzene rings is 3. The Morgan fingerprint density at radius 1 is 0.829 bits per heavy atom. The molecule has 0 atom stereocenters. The zero-order valence-corrected chi connectivity index (χ0v) is 18.9. The minimum Gasteiger partial charge on any atom is -0.456 e. The molecule has 0 spiro atoms. The summed E-state index contributed by atoms with van der Waals surface area (Å²) in [5.74, 6) is -0.482. The van der Waals surface area contributed by atoms with E-state index in [4.69, 9.17) is 23.4 Å². The lowest BCUT2D eigenvalue weighted by atomic mass is 9.91. The predicted molar refractivity (Wildman–Crippen MR) is 125 cm³/mol. The van der Waals surface area contributed by atoms with Crippen molar-refractivity contribution in [3.63, 3.8) is 0 Å². The summed E-state index contributed by atoms with van der Waals surface area (Å²) in [5.41, 5.74) is 1.65. The van der Waals surface area contributed by atoms with E-state index < -0.39 is 18.3 Å². The second-order valence-corrected chi connectivity index (χ2v) is 7.20. The third-order valence-electron chi connectivity index (χ3n) is 4.98. The number of carbonyl (C=O) groups excluding carboxylic acids is 3. The molecule has 0 saturated carbocycles. The van der Waals surface area contributed by atoms with Crippen molar-refractivity contribution in [3.05, 3.63) is 76.5 Å². The second-order valence-electron chi connectivity index (χ2n) is 7.20. The average molecular weight is 476 g/mol. The van der Waals surface area contributed by atoms with Crippen LogP contribution in [0.4, 0.5) is 9.59 Å². The monoisotopic (exact) mass is 476 g/mol. The normalized spacial score (nSPS) is 10.7. The van der Waals surface area contributed by atoms with Crippen LogP contribution in [-0.4, -0.2) is 31.5 Å². The van der Waals surface area contributed by atoms with Gasteiger partial charge in [-0.15, -0.1) is 0 Å². The van der Waals surface area contributed by atoms with Crippen LogP contribution in [0.1, 0.15) is 24.2 Å². The van der Waals surface area contributed by atoms with Crippen molar-refractivity contribution < 1.29 is 37.7 Å². The van der Waals surface area contributed by atoms with E-state index in [1.165, 1.54) is 24.3 Å². The van der Waals surface area contributed by atoms with Crippen LogP contribution in [0.3, 0.4) is 0 Å². The van der Waals surface area contributed by atoms with Crippen LogP contribution >= 0.6 is 0 Å². The average Bonchev–Trinajstić information content (AvgIpc) is 2.82. The lowest BCUT2D eigenvalue weighted by molar-refractivity contribution is 0.0402. The first-order valence-electron chi connectivity index (χ1n) is 10.7. The smallest absolute Gasteiger partial charge is 0.456 e. The molecule has 35 heavy (non-hydrogen) atoms. The van der Waals surface area contributed by atoms with E-state index in [0.717, 1.165) is 0 Å². The van der Waals surface area contributed by atoms with Gasteiger partial charge >= 0.3 is 18.3 Å². The quantitative estimate of drug-likeness (QED) is 0.161. The van der Waals surface area contributed by atoms with Crippen molar-refractivity contribution in [1.29, 1.82) is 0 Å². The largest absolute Gasteiger partial charge is 0.516 e. The summed E-state index contributed by atoms with van der Waals surface area (Å²) >= 11 is 0. The molecule has 1 aliphatic heterocycles. The minimum atomic E-state index is -1.11. The zero-order valence-electron chi connectivity index (χ0n) is 18.9. The zero-order chi connectivity index (χ0) is 24.9. The number of carbonyl (C=O) groups is 3. The molecule has 0 amide bonds. The highest BCUT2D eigenvalue weighted by Crippen LogP contribution is 2.42. The number of rotatable bonds is 5. The highest BCUT2D eigenvalue weighted by atomic mass is 16.7. The van der Waals surface area contributed by atoms with Crippen LogP contribution in [0.2, 0.25) is 0 Å². The molecule has 0 unspecified atom stereocenters. The summed E-state index contributed by atoms with van der Waals surface area (Å²) < 4.78 is 25.5. The maximum Gasteiger partial charge on any atom is 0.516 e. The fourth-order valence-electron chi connectivity index (χ4n) is 3.61. The number of esters is 1. The lowest BCUT2D eigenvalue weighted by Crippen LogP contribution is -2.15. The van der Waals surface area contributed by atoms with Gasteiger partial charge in [-0.05, 0) is 49.7 Å². The summed E-state index contributed by atoms with van der Waals surface area (Å²) in [6.45, 7) is 3.45. The van der Waals surface area contributed by atoms with E-state index in [0.29, 0.717) is 22.1 Å². The Balaban J connectivity index is 1.92. The first kappa shape index (κ1) is 23.5. The molecule has 2 aromatic rings. The van der Waals surface area contributed by atoms with Gasteiger partial charge in [-0.25, -0.2) is 14.4 Å². The Morgan fingerprint density at radius 2 is 1.57 bits per heavy atom. The van der Waals surface area contributed by atoms with Gasteiger partial charge in [0.1, 0.15) is 17.1 Å². The van der Waals surface area contributed by atoms with Crippen molar-refractivity contribution in [3.8, 4) is 28.2 Å². The number of ether oxygens (including phenoxy) is 4. The third kappa shape index (κ3) is 4.98. The van der Waals surface area contributed by atoms with Gasteiger partial charge in [0, 0.05) is 28.6 Å². The standard InChI is InChI=1S/C26H20O9/c1-3-31-25(29)33-16-10-12-20-22(14-16)34-21-13-15(27)9-11-19(21)23(20)17-7-5-6-8-18(17)24(28)35-26(30)32-4-2/h5-14H,3-4H2,1-2H3. The maximum atomic E-state index is 12.8. The first-order chi connectivity index (χ1) is 16.9. The SMILES string of the molecule is CCOC(=O)OC(=O)c1ccccc1-c1c2ccc(=O)cc-2oc2cc(OC(=O)OCC)ccc12. The minimum absolute atomic E-state index is 0.0525. The molecule has 0 radical (unpaired) electrons.